The predicted octanol–water partition coefficient (Wildman–Crippen LogP) is 6.70. The van der Waals surface area contributed by atoms with Crippen molar-refractivity contribution in [2.75, 3.05) is 39.8 Å². The maximum atomic E-state index is 13.6. The van der Waals surface area contributed by atoms with Crippen molar-refractivity contribution in [2.24, 2.45) is 0 Å². The van der Waals surface area contributed by atoms with Crippen LogP contribution in [0.2, 0.25) is 0 Å². The first kappa shape index (κ1) is 37.1. The highest BCUT2D eigenvalue weighted by Crippen LogP contribution is 2.23. The summed E-state index contributed by atoms with van der Waals surface area (Å²) in [5.41, 5.74) is 4.66. The second-order valence-corrected chi connectivity index (χ2v) is 12.6. The Labute approximate surface area is 288 Å². The molecule has 1 saturated heterocycles. The van der Waals surface area contributed by atoms with E-state index in [0.29, 0.717) is 31.6 Å². The second-order valence-electron chi connectivity index (χ2n) is 11.6. The van der Waals surface area contributed by atoms with Crippen LogP contribution >= 0.6 is 11.3 Å². The minimum Gasteiger partial charge on any atom is -0.497 e. The zero-order valence-electron chi connectivity index (χ0n) is 27.2. The summed E-state index contributed by atoms with van der Waals surface area (Å²) >= 11 is 1.72. The average Bonchev–Trinajstić information content (AvgIpc) is 3.82. The van der Waals surface area contributed by atoms with Gasteiger partial charge < -0.3 is 25.0 Å². The molecule has 2 amide bonds. The lowest BCUT2D eigenvalue weighted by Crippen LogP contribution is -2.33. The molecule has 8 nitrogen and oxygen atoms in total. The Kier molecular flexibility index (Phi) is 13.8. The lowest BCUT2D eigenvalue weighted by atomic mass is 10.0. The average molecular weight is 696 g/mol. The number of carboxylic acids is 1. The van der Waals surface area contributed by atoms with E-state index in [9.17, 15) is 22.8 Å². The third-order valence-corrected chi connectivity index (χ3v) is 8.90. The van der Waals surface area contributed by atoms with Crippen LogP contribution in [0, 0.1) is 0 Å². The summed E-state index contributed by atoms with van der Waals surface area (Å²) in [6, 6.07) is 27.9. The summed E-state index contributed by atoms with van der Waals surface area (Å²) in [5, 5.41) is 12.3. The smallest absolute Gasteiger partial charge is 0.490 e. The molecule has 2 N–H and O–H groups in total. The van der Waals surface area contributed by atoms with Gasteiger partial charge in [0.15, 0.2) is 0 Å². The number of thiophene rings is 1. The highest BCUT2D eigenvalue weighted by atomic mass is 32.1. The molecule has 0 bridgehead atoms. The first-order chi connectivity index (χ1) is 23.5. The van der Waals surface area contributed by atoms with Gasteiger partial charge in [-0.1, -0.05) is 48.5 Å². The highest BCUT2D eigenvalue weighted by Gasteiger charge is 2.38. The molecule has 1 aromatic heterocycles. The van der Waals surface area contributed by atoms with Crippen molar-refractivity contribution in [1.82, 2.24) is 15.1 Å². The number of methoxy groups -OCH3 is 1. The van der Waals surface area contributed by atoms with Crippen molar-refractivity contribution in [3.8, 4) is 16.9 Å². The van der Waals surface area contributed by atoms with Crippen LogP contribution in [0.4, 0.5) is 13.2 Å². The lowest BCUT2D eigenvalue weighted by Gasteiger charge is -2.23. The molecule has 4 aromatic rings. The number of ether oxygens (including phenoxy) is 1. The van der Waals surface area contributed by atoms with Crippen molar-refractivity contribution >= 4 is 29.1 Å². The number of benzene rings is 3. The van der Waals surface area contributed by atoms with E-state index in [2.05, 4.69) is 39.9 Å². The zero-order chi connectivity index (χ0) is 35.2. The summed E-state index contributed by atoms with van der Waals surface area (Å²) in [7, 11) is 1.64. The third-order valence-electron chi connectivity index (χ3n) is 7.96. The molecule has 0 saturated carbocycles. The quantitative estimate of drug-likeness (QED) is 0.162. The Morgan fingerprint density at radius 1 is 0.918 bits per heavy atom. The molecule has 1 fully saturated rings. The van der Waals surface area contributed by atoms with Crippen LogP contribution in [0.5, 0.6) is 5.75 Å². The van der Waals surface area contributed by atoms with E-state index < -0.39 is 12.1 Å². The molecule has 1 aliphatic heterocycles. The lowest BCUT2D eigenvalue weighted by molar-refractivity contribution is -0.192. The minimum atomic E-state index is -5.08. The maximum absolute atomic E-state index is 13.6. The summed E-state index contributed by atoms with van der Waals surface area (Å²) in [5.74, 6) is -1.97. The normalized spacial score (nSPS) is 12.9. The van der Waals surface area contributed by atoms with Gasteiger partial charge in [0.25, 0.3) is 5.91 Å². The molecule has 0 unspecified atom stereocenters. The van der Waals surface area contributed by atoms with Crippen molar-refractivity contribution in [2.45, 2.75) is 38.4 Å². The van der Waals surface area contributed by atoms with Gasteiger partial charge in [0.1, 0.15) is 5.75 Å². The minimum absolute atomic E-state index is 0.0462. The van der Waals surface area contributed by atoms with E-state index >= 15 is 0 Å². The van der Waals surface area contributed by atoms with Gasteiger partial charge in [-0.15, -0.1) is 11.3 Å². The maximum Gasteiger partial charge on any atom is 0.490 e. The molecular weight excluding hydrogens is 655 g/mol. The largest absolute Gasteiger partial charge is 0.497 e. The molecule has 1 aliphatic rings. The molecule has 3 aromatic carbocycles. The Hall–Kier alpha value is -4.68. The zero-order valence-corrected chi connectivity index (χ0v) is 28.1. The summed E-state index contributed by atoms with van der Waals surface area (Å²) in [6.45, 7) is 4.95. The van der Waals surface area contributed by atoms with Gasteiger partial charge in [0, 0.05) is 36.6 Å². The Balaban J connectivity index is 0.000000698. The number of nitrogens with one attached hydrogen (secondary N) is 1. The number of hydrogen-bond acceptors (Lipinski definition) is 6. The van der Waals surface area contributed by atoms with Gasteiger partial charge in [0.2, 0.25) is 5.91 Å². The standard InChI is InChI=1S/C35H39N3O3S.C2HF3O2/c1-41-32-13-5-8-27(23-32)24-34(39)38(19-15-33-14-7-21-42-33)26-28-9-4-10-29(22-28)30-11-6-12-31(25-30)35(40)36-16-20-37-17-2-3-18-37;3-2(4,5)1(6)7/h4-14,21-23,25H,2-3,15-20,24,26H2,1H3,(H,36,40);(H,6,7). The number of alkyl halides is 3. The van der Waals surface area contributed by atoms with Gasteiger partial charge in [-0.2, -0.15) is 13.2 Å². The van der Waals surface area contributed by atoms with E-state index in [-0.39, 0.29) is 11.8 Å². The number of carbonyl (C=O) groups excluding carboxylic acids is 2. The van der Waals surface area contributed by atoms with Crippen molar-refractivity contribution < 1.29 is 37.4 Å². The first-order valence-corrected chi connectivity index (χ1v) is 16.8. The van der Waals surface area contributed by atoms with Gasteiger partial charge in [-0.25, -0.2) is 4.79 Å². The Morgan fingerprint density at radius 2 is 1.59 bits per heavy atom. The van der Waals surface area contributed by atoms with Crippen LogP contribution in [-0.4, -0.2) is 78.7 Å². The van der Waals surface area contributed by atoms with Gasteiger partial charge in [0.05, 0.1) is 13.5 Å². The molecule has 5 rings (SSSR count). The SMILES string of the molecule is COc1cccc(CC(=O)N(CCc2cccs2)Cc2cccc(-c3cccc(C(=O)NCCN4CCCC4)c3)c2)c1.O=C(O)C(F)(F)F. The van der Waals surface area contributed by atoms with Gasteiger partial charge in [-0.3, -0.25) is 9.59 Å². The van der Waals surface area contributed by atoms with E-state index in [0.717, 1.165) is 54.1 Å². The van der Waals surface area contributed by atoms with Crippen molar-refractivity contribution in [3.63, 3.8) is 0 Å². The third kappa shape index (κ3) is 12.1. The summed E-state index contributed by atoms with van der Waals surface area (Å²) in [6.07, 6.45) is -1.46. The monoisotopic (exact) mass is 695 g/mol. The molecule has 49 heavy (non-hydrogen) atoms. The molecule has 0 atom stereocenters. The first-order valence-electron chi connectivity index (χ1n) is 15.9. The molecule has 0 aliphatic carbocycles. The van der Waals surface area contributed by atoms with E-state index in [1.807, 2.05) is 65.6 Å². The highest BCUT2D eigenvalue weighted by molar-refractivity contribution is 7.09. The Morgan fingerprint density at radius 3 is 2.27 bits per heavy atom. The number of hydrogen-bond donors (Lipinski definition) is 2. The molecule has 0 radical (unpaired) electrons. The molecular formula is C37H40F3N3O5S. The van der Waals surface area contributed by atoms with E-state index in [4.69, 9.17) is 14.6 Å². The molecule has 0 spiro atoms. The van der Waals surface area contributed by atoms with Crippen LogP contribution < -0.4 is 10.1 Å². The van der Waals surface area contributed by atoms with Crippen LogP contribution in [0.15, 0.2) is 90.3 Å². The number of aliphatic carboxylic acids is 1. The number of likely N-dealkylation sites (tertiary alicyclic amines) is 1. The fourth-order valence-electron chi connectivity index (χ4n) is 5.41. The van der Waals surface area contributed by atoms with Crippen LogP contribution in [-0.2, 0) is 29.0 Å². The topological polar surface area (TPSA) is 99.2 Å². The number of rotatable bonds is 13. The fraction of sp³-hybridized carbons (Fsp3) is 0.324. The van der Waals surface area contributed by atoms with Crippen molar-refractivity contribution in [1.29, 1.82) is 0 Å². The molecule has 12 heteroatoms. The number of nitrogens with zero attached hydrogens (tertiary/aromatic N) is 2. The van der Waals surface area contributed by atoms with Crippen LogP contribution in [0.25, 0.3) is 11.1 Å². The van der Waals surface area contributed by atoms with E-state index in [1.165, 1.54) is 17.7 Å². The predicted molar refractivity (Wildman–Crippen MR) is 184 cm³/mol. The summed E-state index contributed by atoms with van der Waals surface area (Å²) in [4.78, 5) is 40.9. The number of amides is 2. The Bertz CT molecular complexity index is 1670. The molecule has 2 heterocycles. The van der Waals surface area contributed by atoms with Crippen LogP contribution in [0.1, 0.15) is 39.2 Å². The van der Waals surface area contributed by atoms with Crippen molar-refractivity contribution in [3.05, 3.63) is 112 Å². The fourth-order valence-corrected chi connectivity index (χ4v) is 6.10. The van der Waals surface area contributed by atoms with Gasteiger partial charge >= 0.3 is 12.1 Å². The number of carboxylic acid groups (broad SMARTS) is 1. The number of halogens is 3. The number of carbonyl (C=O) groups is 3. The molecule has 260 valence electrons. The van der Waals surface area contributed by atoms with Gasteiger partial charge in [-0.05, 0) is 96.4 Å². The van der Waals surface area contributed by atoms with E-state index in [1.54, 1.807) is 18.4 Å². The van der Waals surface area contributed by atoms with Crippen LogP contribution in [0.3, 0.4) is 0 Å². The summed E-state index contributed by atoms with van der Waals surface area (Å²) < 4.78 is 37.1. The second kappa shape index (κ2) is 18.2.